The number of hydrogen-bond donors (Lipinski definition) is 0. The van der Waals surface area contributed by atoms with E-state index in [9.17, 15) is 0 Å². The average molecular weight is 218 g/mol. The molecule has 1 aliphatic heterocycles. The summed E-state index contributed by atoms with van der Waals surface area (Å²) < 4.78 is 11.7. The minimum absolute atomic E-state index is 0.00106. The number of ether oxygens (including phenoxy) is 2. The van der Waals surface area contributed by atoms with Crippen molar-refractivity contribution >= 4 is 0 Å². The SMILES string of the molecule is CC1=CC(c2ccccc2)OC(C)C(C)O1. The van der Waals surface area contributed by atoms with E-state index in [0.717, 1.165) is 5.76 Å². The van der Waals surface area contributed by atoms with Crippen LogP contribution in [0.25, 0.3) is 0 Å². The van der Waals surface area contributed by atoms with Crippen LogP contribution >= 0.6 is 0 Å². The molecule has 0 radical (unpaired) electrons. The summed E-state index contributed by atoms with van der Waals surface area (Å²) in [7, 11) is 0. The highest BCUT2D eigenvalue weighted by molar-refractivity contribution is 5.22. The summed E-state index contributed by atoms with van der Waals surface area (Å²) in [6.07, 6.45) is 2.24. The Balaban J connectivity index is 2.24. The van der Waals surface area contributed by atoms with Crippen molar-refractivity contribution in [2.45, 2.75) is 39.1 Å². The number of rotatable bonds is 1. The van der Waals surface area contributed by atoms with Crippen molar-refractivity contribution in [3.63, 3.8) is 0 Å². The normalized spacial score (nSPS) is 30.2. The van der Waals surface area contributed by atoms with E-state index in [1.807, 2.05) is 45.0 Å². The predicted octanol–water partition coefficient (Wildman–Crippen LogP) is 3.46. The third kappa shape index (κ3) is 2.45. The Bertz CT molecular complexity index is 370. The predicted molar refractivity (Wildman–Crippen MR) is 64.0 cm³/mol. The number of allylic oxidation sites excluding steroid dienone is 1. The summed E-state index contributed by atoms with van der Waals surface area (Å²) in [5, 5.41) is 0. The molecular weight excluding hydrogens is 200 g/mol. The van der Waals surface area contributed by atoms with E-state index in [2.05, 4.69) is 12.1 Å². The van der Waals surface area contributed by atoms with E-state index in [0.29, 0.717) is 0 Å². The highest BCUT2D eigenvalue weighted by Crippen LogP contribution is 2.27. The lowest BCUT2D eigenvalue weighted by atomic mass is 10.1. The Morgan fingerprint density at radius 1 is 1.00 bits per heavy atom. The molecule has 2 nitrogen and oxygen atoms in total. The number of hydrogen-bond acceptors (Lipinski definition) is 2. The van der Waals surface area contributed by atoms with Gasteiger partial charge in [-0.3, -0.25) is 0 Å². The molecule has 0 bridgehead atoms. The molecule has 1 aliphatic rings. The van der Waals surface area contributed by atoms with Gasteiger partial charge in [0, 0.05) is 0 Å². The Hall–Kier alpha value is -1.28. The van der Waals surface area contributed by atoms with Gasteiger partial charge in [-0.15, -0.1) is 0 Å². The molecule has 0 saturated heterocycles. The van der Waals surface area contributed by atoms with Crippen molar-refractivity contribution in [3.05, 3.63) is 47.7 Å². The molecule has 1 aromatic carbocycles. The zero-order chi connectivity index (χ0) is 11.5. The Kier molecular flexibility index (Phi) is 3.30. The highest BCUT2D eigenvalue weighted by atomic mass is 16.6. The van der Waals surface area contributed by atoms with E-state index in [1.54, 1.807) is 0 Å². The van der Waals surface area contributed by atoms with Gasteiger partial charge in [0.1, 0.15) is 12.2 Å². The van der Waals surface area contributed by atoms with Crippen molar-refractivity contribution in [1.29, 1.82) is 0 Å². The zero-order valence-electron chi connectivity index (χ0n) is 10.0. The molecule has 1 aromatic rings. The van der Waals surface area contributed by atoms with Crippen molar-refractivity contribution in [3.8, 4) is 0 Å². The lowest BCUT2D eigenvalue weighted by molar-refractivity contribution is -0.0400. The van der Waals surface area contributed by atoms with Crippen LogP contribution in [-0.4, -0.2) is 12.2 Å². The fourth-order valence-electron chi connectivity index (χ4n) is 1.84. The van der Waals surface area contributed by atoms with Gasteiger partial charge < -0.3 is 9.47 Å². The van der Waals surface area contributed by atoms with Gasteiger partial charge in [0.05, 0.1) is 11.9 Å². The third-order valence-corrected chi connectivity index (χ3v) is 2.91. The van der Waals surface area contributed by atoms with Gasteiger partial charge in [0.25, 0.3) is 0 Å². The van der Waals surface area contributed by atoms with Gasteiger partial charge >= 0.3 is 0 Å². The third-order valence-electron chi connectivity index (χ3n) is 2.91. The van der Waals surface area contributed by atoms with Gasteiger partial charge in [-0.25, -0.2) is 0 Å². The maximum absolute atomic E-state index is 5.98. The highest BCUT2D eigenvalue weighted by Gasteiger charge is 2.23. The lowest BCUT2D eigenvalue weighted by Crippen LogP contribution is -2.24. The first-order valence-electron chi connectivity index (χ1n) is 5.72. The maximum Gasteiger partial charge on any atom is 0.121 e. The number of benzene rings is 1. The quantitative estimate of drug-likeness (QED) is 0.718. The summed E-state index contributed by atoms with van der Waals surface area (Å²) in [5.41, 5.74) is 1.17. The van der Waals surface area contributed by atoms with Crippen LogP contribution in [0, 0.1) is 0 Å². The topological polar surface area (TPSA) is 18.5 Å². The Morgan fingerprint density at radius 3 is 2.38 bits per heavy atom. The van der Waals surface area contributed by atoms with Gasteiger partial charge in [-0.2, -0.15) is 0 Å². The van der Waals surface area contributed by atoms with Crippen LogP contribution < -0.4 is 0 Å². The zero-order valence-corrected chi connectivity index (χ0v) is 10.0. The molecule has 0 fully saturated rings. The standard InChI is InChI=1S/C14H18O2/c1-10-9-14(13-7-5-4-6-8-13)16-12(3)11(2)15-10/h4-9,11-12,14H,1-3H3. The van der Waals surface area contributed by atoms with E-state index >= 15 is 0 Å². The minimum Gasteiger partial charge on any atom is -0.493 e. The molecule has 2 heteroatoms. The minimum atomic E-state index is 0.00106. The second-order valence-corrected chi connectivity index (χ2v) is 4.27. The van der Waals surface area contributed by atoms with Crippen LogP contribution in [0.1, 0.15) is 32.4 Å². The smallest absolute Gasteiger partial charge is 0.121 e. The maximum atomic E-state index is 5.98. The van der Waals surface area contributed by atoms with Gasteiger partial charge in [0.2, 0.25) is 0 Å². The molecule has 0 spiro atoms. The van der Waals surface area contributed by atoms with Gasteiger partial charge in [-0.1, -0.05) is 30.3 Å². The van der Waals surface area contributed by atoms with Crippen LogP contribution in [0.4, 0.5) is 0 Å². The summed E-state index contributed by atoms with van der Waals surface area (Å²) in [6, 6.07) is 10.2. The molecule has 0 saturated carbocycles. The molecule has 0 N–H and O–H groups in total. The molecule has 0 aliphatic carbocycles. The monoisotopic (exact) mass is 218 g/mol. The average Bonchev–Trinajstić information content (AvgIpc) is 2.40. The summed E-state index contributed by atoms with van der Waals surface area (Å²) >= 11 is 0. The largest absolute Gasteiger partial charge is 0.493 e. The van der Waals surface area contributed by atoms with Crippen molar-refractivity contribution in [2.75, 3.05) is 0 Å². The molecular formula is C14H18O2. The van der Waals surface area contributed by atoms with E-state index in [-0.39, 0.29) is 18.3 Å². The lowest BCUT2D eigenvalue weighted by Gasteiger charge is -2.21. The first-order valence-corrected chi connectivity index (χ1v) is 5.72. The van der Waals surface area contributed by atoms with Crippen LogP contribution in [0.5, 0.6) is 0 Å². The van der Waals surface area contributed by atoms with Gasteiger partial charge in [-0.05, 0) is 32.4 Å². The Labute approximate surface area is 96.9 Å². The van der Waals surface area contributed by atoms with Crippen LogP contribution in [0.2, 0.25) is 0 Å². The molecule has 3 unspecified atom stereocenters. The molecule has 86 valence electrons. The fourth-order valence-corrected chi connectivity index (χ4v) is 1.84. The van der Waals surface area contributed by atoms with Crippen molar-refractivity contribution < 1.29 is 9.47 Å². The van der Waals surface area contributed by atoms with Gasteiger partial charge in [0.15, 0.2) is 0 Å². The van der Waals surface area contributed by atoms with Crippen molar-refractivity contribution in [1.82, 2.24) is 0 Å². The van der Waals surface area contributed by atoms with E-state index < -0.39 is 0 Å². The Morgan fingerprint density at radius 2 is 1.69 bits per heavy atom. The van der Waals surface area contributed by atoms with Crippen molar-refractivity contribution in [2.24, 2.45) is 0 Å². The summed E-state index contributed by atoms with van der Waals surface area (Å²) in [4.78, 5) is 0. The first-order chi connectivity index (χ1) is 7.66. The van der Waals surface area contributed by atoms with E-state index in [1.165, 1.54) is 5.56 Å². The first kappa shape index (κ1) is 11.2. The molecule has 16 heavy (non-hydrogen) atoms. The summed E-state index contributed by atoms with van der Waals surface area (Å²) in [6.45, 7) is 6.07. The molecule has 2 rings (SSSR count). The van der Waals surface area contributed by atoms with Crippen LogP contribution in [-0.2, 0) is 9.47 Å². The second kappa shape index (κ2) is 4.71. The van der Waals surface area contributed by atoms with E-state index in [4.69, 9.17) is 9.47 Å². The molecule has 1 heterocycles. The molecule has 0 amide bonds. The summed E-state index contributed by atoms with van der Waals surface area (Å²) in [5.74, 6) is 0.936. The fraction of sp³-hybridized carbons (Fsp3) is 0.429. The van der Waals surface area contributed by atoms with Crippen LogP contribution in [0.15, 0.2) is 42.2 Å². The molecule has 0 aromatic heterocycles. The second-order valence-electron chi connectivity index (χ2n) is 4.27. The molecule has 3 atom stereocenters. The van der Waals surface area contributed by atoms with Crippen LogP contribution in [0.3, 0.4) is 0 Å².